The second-order valence-corrected chi connectivity index (χ2v) is 5.16. The molecule has 0 spiro atoms. The Labute approximate surface area is 92.7 Å². The molecule has 2 aliphatic carbocycles. The third-order valence-electron chi connectivity index (χ3n) is 4.20. The molecule has 0 amide bonds. The Hall–Kier alpha value is -0.120. The van der Waals surface area contributed by atoms with Crippen LogP contribution in [-0.2, 0) is 4.74 Å². The second-order valence-electron chi connectivity index (χ2n) is 5.16. The molecule has 2 fully saturated rings. The van der Waals surface area contributed by atoms with E-state index in [4.69, 9.17) is 10.6 Å². The summed E-state index contributed by atoms with van der Waals surface area (Å²) in [6.45, 7) is 0. The summed E-state index contributed by atoms with van der Waals surface area (Å²) in [6.07, 6.45) is 10.3. The highest BCUT2D eigenvalue weighted by molar-refractivity contribution is 5.01. The van der Waals surface area contributed by atoms with Gasteiger partial charge in [-0.15, -0.1) is 0 Å². The van der Waals surface area contributed by atoms with Gasteiger partial charge in [-0.05, 0) is 31.6 Å². The van der Waals surface area contributed by atoms with Crippen LogP contribution in [0.2, 0.25) is 0 Å². The first-order chi connectivity index (χ1) is 7.32. The van der Waals surface area contributed by atoms with Gasteiger partial charge in [-0.2, -0.15) is 0 Å². The lowest BCUT2D eigenvalue weighted by Crippen LogP contribution is -2.55. The molecule has 0 saturated heterocycles. The molecule has 2 saturated carbocycles. The summed E-state index contributed by atoms with van der Waals surface area (Å²) in [4.78, 5) is 0. The fraction of sp³-hybridized carbons (Fsp3) is 1.00. The zero-order chi connectivity index (χ0) is 10.7. The minimum atomic E-state index is 0.0203. The van der Waals surface area contributed by atoms with E-state index in [9.17, 15) is 0 Å². The monoisotopic (exact) mass is 212 g/mol. The maximum absolute atomic E-state index is 5.87. The summed E-state index contributed by atoms with van der Waals surface area (Å²) < 4.78 is 5.87. The fourth-order valence-electron chi connectivity index (χ4n) is 3.12. The van der Waals surface area contributed by atoms with Crippen molar-refractivity contribution in [2.45, 2.75) is 63.0 Å². The Morgan fingerprint density at radius 2 is 1.80 bits per heavy atom. The Bertz CT molecular complexity index is 196. The summed E-state index contributed by atoms with van der Waals surface area (Å²) in [5.74, 6) is 6.48. The minimum absolute atomic E-state index is 0.0203. The van der Waals surface area contributed by atoms with Gasteiger partial charge in [0.15, 0.2) is 0 Å². The first-order valence-electron chi connectivity index (χ1n) is 6.34. The lowest BCUT2D eigenvalue weighted by molar-refractivity contribution is -0.0585. The minimum Gasteiger partial charge on any atom is -0.377 e. The molecule has 0 aliphatic heterocycles. The molecule has 1 unspecified atom stereocenters. The topological polar surface area (TPSA) is 47.3 Å². The fourth-order valence-corrected chi connectivity index (χ4v) is 3.12. The second kappa shape index (κ2) is 4.81. The number of methoxy groups -OCH3 is 1. The van der Waals surface area contributed by atoms with Crippen molar-refractivity contribution < 1.29 is 4.74 Å². The van der Waals surface area contributed by atoms with Crippen LogP contribution in [0.4, 0.5) is 0 Å². The molecular weight excluding hydrogens is 188 g/mol. The van der Waals surface area contributed by atoms with Gasteiger partial charge in [-0.3, -0.25) is 11.3 Å². The number of hydrogen-bond donors (Lipinski definition) is 2. The van der Waals surface area contributed by atoms with Gasteiger partial charge in [0, 0.05) is 7.11 Å². The molecule has 2 aliphatic rings. The average molecular weight is 212 g/mol. The Morgan fingerprint density at radius 3 is 2.20 bits per heavy atom. The number of nitrogens with two attached hydrogens (primary N) is 1. The predicted octanol–water partition coefficient (Wildman–Crippen LogP) is 1.97. The van der Waals surface area contributed by atoms with Gasteiger partial charge in [-0.1, -0.05) is 25.7 Å². The highest BCUT2D eigenvalue weighted by atomic mass is 16.5. The third-order valence-corrected chi connectivity index (χ3v) is 4.20. The molecule has 0 bridgehead atoms. The number of ether oxygens (including phenoxy) is 1. The third kappa shape index (κ3) is 2.35. The predicted molar refractivity (Wildman–Crippen MR) is 61.3 cm³/mol. The summed E-state index contributed by atoms with van der Waals surface area (Å²) in [5.41, 5.74) is 3.05. The molecule has 0 heterocycles. The largest absolute Gasteiger partial charge is 0.377 e. The van der Waals surface area contributed by atoms with Crippen LogP contribution in [0, 0.1) is 5.92 Å². The Balaban J connectivity index is 2.08. The van der Waals surface area contributed by atoms with Crippen LogP contribution in [0.25, 0.3) is 0 Å². The van der Waals surface area contributed by atoms with Crippen LogP contribution >= 0.6 is 0 Å². The lowest BCUT2D eigenvalue weighted by Gasteiger charge is -2.39. The van der Waals surface area contributed by atoms with E-state index in [1.807, 2.05) is 7.11 Å². The van der Waals surface area contributed by atoms with Crippen molar-refractivity contribution in [3.8, 4) is 0 Å². The molecule has 0 aromatic rings. The van der Waals surface area contributed by atoms with Crippen molar-refractivity contribution in [3.63, 3.8) is 0 Å². The van der Waals surface area contributed by atoms with E-state index in [-0.39, 0.29) is 5.60 Å². The van der Waals surface area contributed by atoms with Crippen molar-refractivity contribution in [1.29, 1.82) is 0 Å². The smallest absolute Gasteiger partial charge is 0.0847 e. The Kier molecular flexibility index (Phi) is 3.65. The molecule has 15 heavy (non-hydrogen) atoms. The van der Waals surface area contributed by atoms with Gasteiger partial charge in [0.1, 0.15) is 0 Å². The summed E-state index contributed by atoms with van der Waals surface area (Å²) >= 11 is 0. The molecular formula is C12H24N2O. The van der Waals surface area contributed by atoms with Gasteiger partial charge < -0.3 is 4.74 Å². The van der Waals surface area contributed by atoms with Crippen LogP contribution < -0.4 is 11.3 Å². The quantitative estimate of drug-likeness (QED) is 0.425. The maximum atomic E-state index is 5.87. The van der Waals surface area contributed by atoms with Gasteiger partial charge in [0.05, 0.1) is 11.6 Å². The molecule has 2 rings (SSSR count). The van der Waals surface area contributed by atoms with E-state index in [0.29, 0.717) is 6.04 Å². The average Bonchev–Trinajstić information content (AvgIpc) is 3.06. The van der Waals surface area contributed by atoms with Crippen LogP contribution in [0.3, 0.4) is 0 Å². The van der Waals surface area contributed by atoms with Crippen molar-refractivity contribution in [3.05, 3.63) is 0 Å². The van der Waals surface area contributed by atoms with E-state index in [1.54, 1.807) is 0 Å². The van der Waals surface area contributed by atoms with E-state index in [0.717, 1.165) is 5.92 Å². The molecule has 0 aromatic carbocycles. The lowest BCUT2D eigenvalue weighted by atomic mass is 9.83. The van der Waals surface area contributed by atoms with Crippen molar-refractivity contribution in [2.24, 2.45) is 11.8 Å². The zero-order valence-corrected chi connectivity index (χ0v) is 9.80. The molecule has 3 heteroatoms. The van der Waals surface area contributed by atoms with Crippen LogP contribution in [-0.4, -0.2) is 18.8 Å². The van der Waals surface area contributed by atoms with Crippen LogP contribution in [0.15, 0.2) is 0 Å². The number of rotatable bonds is 4. The highest BCUT2D eigenvalue weighted by Gasteiger charge is 2.46. The van der Waals surface area contributed by atoms with Crippen LogP contribution in [0.1, 0.15) is 51.4 Å². The molecule has 3 nitrogen and oxygen atoms in total. The van der Waals surface area contributed by atoms with Crippen LogP contribution in [0.5, 0.6) is 0 Å². The Morgan fingerprint density at radius 1 is 1.20 bits per heavy atom. The first kappa shape index (κ1) is 11.4. The van der Waals surface area contributed by atoms with E-state index in [1.165, 1.54) is 51.4 Å². The van der Waals surface area contributed by atoms with E-state index < -0.39 is 0 Å². The van der Waals surface area contributed by atoms with Crippen molar-refractivity contribution in [1.82, 2.24) is 5.43 Å². The normalized spacial score (nSPS) is 28.4. The molecule has 0 radical (unpaired) electrons. The SMILES string of the molecule is COC1(C(NN)C2CC2)CCCCCC1. The van der Waals surface area contributed by atoms with E-state index >= 15 is 0 Å². The summed E-state index contributed by atoms with van der Waals surface area (Å²) in [6, 6.07) is 0.376. The molecule has 1 atom stereocenters. The maximum Gasteiger partial charge on any atom is 0.0847 e. The van der Waals surface area contributed by atoms with Gasteiger partial charge in [-0.25, -0.2) is 0 Å². The molecule has 3 N–H and O–H groups in total. The van der Waals surface area contributed by atoms with E-state index in [2.05, 4.69) is 5.43 Å². The zero-order valence-electron chi connectivity index (χ0n) is 9.80. The van der Waals surface area contributed by atoms with Gasteiger partial charge >= 0.3 is 0 Å². The molecule has 0 aromatic heterocycles. The summed E-state index contributed by atoms with van der Waals surface area (Å²) in [5, 5.41) is 0. The highest BCUT2D eigenvalue weighted by Crippen LogP contribution is 2.43. The number of hydrazine groups is 1. The number of hydrogen-bond acceptors (Lipinski definition) is 3. The standard InChI is InChI=1S/C12H24N2O/c1-15-12(8-4-2-3-5-9-12)11(14-13)10-6-7-10/h10-11,14H,2-9,13H2,1H3. The molecule has 88 valence electrons. The van der Waals surface area contributed by atoms with Crippen molar-refractivity contribution >= 4 is 0 Å². The first-order valence-corrected chi connectivity index (χ1v) is 6.34. The summed E-state index contributed by atoms with van der Waals surface area (Å²) in [7, 11) is 1.86. The number of nitrogens with one attached hydrogen (secondary N) is 1. The van der Waals surface area contributed by atoms with Gasteiger partial charge in [0.2, 0.25) is 0 Å². The van der Waals surface area contributed by atoms with Crippen molar-refractivity contribution in [2.75, 3.05) is 7.11 Å². The van der Waals surface area contributed by atoms with Gasteiger partial charge in [0.25, 0.3) is 0 Å².